The van der Waals surface area contributed by atoms with E-state index in [1.165, 1.54) is 4.90 Å². The highest BCUT2D eigenvalue weighted by atomic mass is 16.6. The lowest BCUT2D eigenvalue weighted by Crippen LogP contribution is -2.55. The van der Waals surface area contributed by atoms with Crippen LogP contribution in [0.15, 0.2) is 54.6 Å². The topological polar surface area (TPSA) is 96.4 Å². The van der Waals surface area contributed by atoms with Gasteiger partial charge in [-0.1, -0.05) is 48.6 Å². The van der Waals surface area contributed by atoms with Crippen molar-refractivity contribution in [1.82, 2.24) is 9.80 Å². The first-order valence-corrected chi connectivity index (χ1v) is 10.5. The molecule has 1 N–H and O–H groups in total. The molecule has 2 saturated heterocycles. The van der Waals surface area contributed by atoms with Gasteiger partial charge in [0.15, 0.2) is 0 Å². The summed E-state index contributed by atoms with van der Waals surface area (Å²) in [5.41, 5.74) is -0.302. The summed E-state index contributed by atoms with van der Waals surface area (Å²) >= 11 is 0. The van der Waals surface area contributed by atoms with Crippen LogP contribution in [0.25, 0.3) is 0 Å². The summed E-state index contributed by atoms with van der Waals surface area (Å²) < 4.78 is 11.6. The normalized spacial score (nSPS) is 34.2. The number of β-amino-alcohol motifs (C(OH)–C–C–N with tert-alkyl or cyclic N) is 1. The highest BCUT2D eigenvalue weighted by molar-refractivity contribution is 5.99. The Morgan fingerprint density at radius 3 is 2.68 bits per heavy atom. The van der Waals surface area contributed by atoms with Crippen LogP contribution in [0, 0.1) is 11.8 Å². The zero-order valence-electron chi connectivity index (χ0n) is 16.9. The van der Waals surface area contributed by atoms with Gasteiger partial charge in [0.2, 0.25) is 11.8 Å². The number of ether oxygens (including phenoxy) is 2. The minimum Gasteiger partial charge on any atom is -0.461 e. The molecular formula is C23H24N2O6. The fraction of sp³-hybridized carbons (Fsp3) is 0.435. The van der Waals surface area contributed by atoms with E-state index < -0.39 is 35.6 Å². The van der Waals surface area contributed by atoms with Crippen LogP contribution >= 0.6 is 0 Å². The van der Waals surface area contributed by atoms with Crippen molar-refractivity contribution in [3.8, 4) is 0 Å². The molecule has 0 radical (unpaired) electrons. The number of aliphatic hydroxyl groups excluding tert-OH is 1. The molecular weight excluding hydrogens is 400 g/mol. The maximum absolute atomic E-state index is 13.8. The number of likely N-dealkylation sites (tertiary alicyclic amines) is 1. The summed E-state index contributed by atoms with van der Waals surface area (Å²) in [6, 6.07) is 8.66. The molecule has 31 heavy (non-hydrogen) atoms. The van der Waals surface area contributed by atoms with Crippen molar-refractivity contribution in [2.75, 3.05) is 26.3 Å². The Morgan fingerprint density at radius 2 is 1.90 bits per heavy atom. The number of rotatable bonds is 4. The summed E-state index contributed by atoms with van der Waals surface area (Å²) in [6.45, 7) is 0.577. The number of carbonyl (C=O) groups excluding carboxylic acids is 3. The van der Waals surface area contributed by atoms with E-state index in [-0.39, 0.29) is 31.6 Å². The molecule has 0 bridgehead atoms. The maximum Gasteiger partial charge on any atom is 0.313 e. The molecule has 1 aromatic rings. The van der Waals surface area contributed by atoms with Crippen molar-refractivity contribution in [2.45, 2.75) is 24.3 Å². The minimum absolute atomic E-state index is 0.00780. The van der Waals surface area contributed by atoms with Crippen molar-refractivity contribution < 1.29 is 29.0 Å². The van der Waals surface area contributed by atoms with Crippen molar-refractivity contribution in [2.24, 2.45) is 11.8 Å². The summed E-state index contributed by atoms with van der Waals surface area (Å²) in [5, 5.41) is 9.60. The number of benzene rings is 1. The van der Waals surface area contributed by atoms with E-state index in [0.29, 0.717) is 13.1 Å². The Labute approximate surface area is 179 Å². The molecule has 8 heteroatoms. The first kappa shape index (κ1) is 20.0. The van der Waals surface area contributed by atoms with Gasteiger partial charge in [-0.05, 0) is 11.6 Å². The van der Waals surface area contributed by atoms with Crippen LogP contribution in [-0.4, -0.2) is 76.7 Å². The van der Waals surface area contributed by atoms with E-state index >= 15 is 0 Å². The van der Waals surface area contributed by atoms with Crippen LogP contribution in [0.4, 0.5) is 0 Å². The Morgan fingerprint density at radius 1 is 1.10 bits per heavy atom. The second-order valence-corrected chi connectivity index (χ2v) is 8.26. The van der Waals surface area contributed by atoms with Crippen LogP contribution in [0.1, 0.15) is 5.56 Å². The van der Waals surface area contributed by atoms with Crippen LogP contribution in [0.3, 0.4) is 0 Å². The van der Waals surface area contributed by atoms with Gasteiger partial charge in [-0.15, -0.1) is 0 Å². The summed E-state index contributed by atoms with van der Waals surface area (Å²) in [6.07, 6.45) is 6.42. The molecule has 5 atom stereocenters. The zero-order valence-corrected chi connectivity index (χ0v) is 16.9. The number of fused-ring (bicyclic) bond motifs is 2. The highest BCUT2D eigenvalue weighted by Gasteiger charge is 2.71. The number of amides is 2. The van der Waals surface area contributed by atoms with Gasteiger partial charge in [0.05, 0.1) is 18.6 Å². The molecule has 1 spiro atoms. The predicted molar refractivity (Wildman–Crippen MR) is 108 cm³/mol. The van der Waals surface area contributed by atoms with E-state index in [4.69, 9.17) is 9.47 Å². The molecule has 2 amide bonds. The number of carbonyl (C=O) groups is 3. The molecule has 5 rings (SSSR count). The van der Waals surface area contributed by atoms with Crippen LogP contribution < -0.4 is 0 Å². The monoisotopic (exact) mass is 424 g/mol. The van der Waals surface area contributed by atoms with Crippen LogP contribution in [0.2, 0.25) is 0 Å². The van der Waals surface area contributed by atoms with E-state index in [9.17, 15) is 19.5 Å². The van der Waals surface area contributed by atoms with Crippen molar-refractivity contribution >= 4 is 17.8 Å². The number of cyclic esters (lactones) is 1. The van der Waals surface area contributed by atoms with E-state index in [1.807, 2.05) is 36.4 Å². The van der Waals surface area contributed by atoms with Crippen LogP contribution in [-0.2, 0) is 30.4 Å². The second kappa shape index (κ2) is 7.62. The first-order chi connectivity index (χ1) is 15.1. The van der Waals surface area contributed by atoms with Gasteiger partial charge in [-0.2, -0.15) is 0 Å². The van der Waals surface area contributed by atoms with Crippen molar-refractivity contribution in [3.05, 3.63) is 60.2 Å². The third kappa shape index (κ3) is 3.01. The molecule has 4 heterocycles. The molecule has 0 aliphatic carbocycles. The Balaban J connectivity index is 1.56. The van der Waals surface area contributed by atoms with Gasteiger partial charge in [0.1, 0.15) is 24.2 Å². The minimum atomic E-state index is -1.27. The number of hydrogen-bond acceptors (Lipinski definition) is 6. The molecule has 0 saturated carbocycles. The van der Waals surface area contributed by atoms with E-state index in [1.54, 1.807) is 23.1 Å². The Hall–Kier alpha value is -2.97. The fourth-order valence-electron chi connectivity index (χ4n) is 5.31. The average molecular weight is 424 g/mol. The Kier molecular flexibility index (Phi) is 4.91. The smallest absolute Gasteiger partial charge is 0.313 e. The number of aliphatic hydroxyl groups is 1. The molecule has 1 aromatic carbocycles. The summed E-state index contributed by atoms with van der Waals surface area (Å²) in [7, 11) is 0. The third-order valence-corrected chi connectivity index (χ3v) is 6.55. The second-order valence-electron chi connectivity index (χ2n) is 8.26. The van der Waals surface area contributed by atoms with Crippen molar-refractivity contribution in [3.63, 3.8) is 0 Å². The summed E-state index contributed by atoms with van der Waals surface area (Å²) in [4.78, 5) is 43.0. The van der Waals surface area contributed by atoms with Gasteiger partial charge in [0, 0.05) is 19.6 Å². The Bertz CT molecular complexity index is 960. The fourth-order valence-corrected chi connectivity index (χ4v) is 5.31. The van der Waals surface area contributed by atoms with Gasteiger partial charge in [-0.25, -0.2) is 0 Å². The zero-order chi connectivity index (χ0) is 21.6. The molecule has 8 nitrogen and oxygen atoms in total. The molecule has 2 fully saturated rings. The SMILES string of the molecule is O=C1OCC=C[C@@H]2O[C@]34C=CCN(Cc5ccccc5)C(=O)C3N(CCO)C(=O)[C@@H]4[C@H]12. The molecule has 0 aromatic heterocycles. The van der Waals surface area contributed by atoms with E-state index in [2.05, 4.69) is 0 Å². The quantitative estimate of drug-likeness (QED) is 0.551. The van der Waals surface area contributed by atoms with Gasteiger partial charge in [-0.3, -0.25) is 14.4 Å². The number of nitrogens with zero attached hydrogens (tertiary/aromatic N) is 2. The largest absolute Gasteiger partial charge is 0.461 e. The number of esters is 1. The predicted octanol–water partition coefficient (Wildman–Crippen LogP) is 0.271. The maximum atomic E-state index is 13.8. The van der Waals surface area contributed by atoms with E-state index in [0.717, 1.165) is 5.56 Å². The standard InChI is InChI=1S/C23H24N2O6/c26-12-11-25-19-21(28)24(14-15-6-2-1-3-7-15)10-5-9-23(19)18(20(25)27)17-16(31-23)8-4-13-30-22(17)29/h1-9,16-19,26H,10-14H2/t16-,17+,18-,19?,23-/m0/s1. The third-order valence-electron chi connectivity index (χ3n) is 6.55. The number of hydrogen-bond donors (Lipinski definition) is 1. The first-order valence-electron chi connectivity index (χ1n) is 10.5. The van der Waals surface area contributed by atoms with Crippen LogP contribution in [0.5, 0.6) is 0 Å². The summed E-state index contributed by atoms with van der Waals surface area (Å²) in [5.74, 6) is -2.82. The van der Waals surface area contributed by atoms with Gasteiger partial charge < -0.3 is 24.4 Å². The lowest BCUT2D eigenvalue weighted by molar-refractivity contribution is -0.153. The average Bonchev–Trinajstić information content (AvgIpc) is 3.06. The van der Waals surface area contributed by atoms with Gasteiger partial charge in [0.25, 0.3) is 0 Å². The lowest BCUT2D eigenvalue weighted by Gasteiger charge is -2.35. The van der Waals surface area contributed by atoms with Gasteiger partial charge >= 0.3 is 5.97 Å². The highest BCUT2D eigenvalue weighted by Crippen LogP contribution is 2.53. The molecule has 162 valence electrons. The molecule has 4 aliphatic rings. The molecule has 4 aliphatic heterocycles. The lowest BCUT2D eigenvalue weighted by atomic mass is 9.78. The molecule has 1 unspecified atom stereocenters. The van der Waals surface area contributed by atoms with Crippen molar-refractivity contribution in [1.29, 1.82) is 0 Å².